The number of hydrogen-bond donors (Lipinski definition) is 2. The molecule has 0 saturated heterocycles. The Labute approximate surface area is 164 Å². The van der Waals surface area contributed by atoms with Crippen LogP contribution >= 0.6 is 0 Å². The van der Waals surface area contributed by atoms with Gasteiger partial charge in [0.05, 0.1) is 25.4 Å². The first-order chi connectivity index (χ1) is 13.0. The molecule has 0 aromatic heterocycles. The van der Waals surface area contributed by atoms with Crippen molar-refractivity contribution in [1.29, 1.82) is 0 Å². The first kappa shape index (κ1) is 23.9. The Balaban J connectivity index is 2.52. The predicted molar refractivity (Wildman–Crippen MR) is 107 cm³/mol. The molecule has 1 fully saturated rings. The number of methoxy groups -OCH3 is 2. The lowest BCUT2D eigenvalue weighted by atomic mass is 9.89. The van der Waals surface area contributed by atoms with Gasteiger partial charge in [0.2, 0.25) is 0 Å². The lowest BCUT2D eigenvalue weighted by Gasteiger charge is -2.21. The molecular formula is C22H38O5. The molecular weight excluding hydrogens is 344 g/mol. The number of carbonyl (C=O) groups is 1. The highest BCUT2D eigenvalue weighted by atomic mass is 16.5. The number of aliphatic hydroxyl groups excluding tert-OH is 2. The second kappa shape index (κ2) is 13.9. The van der Waals surface area contributed by atoms with Crippen LogP contribution in [-0.2, 0) is 14.3 Å². The molecule has 0 aromatic carbocycles. The molecule has 1 aliphatic carbocycles. The van der Waals surface area contributed by atoms with E-state index in [1.165, 1.54) is 7.11 Å². The molecule has 5 unspecified atom stereocenters. The number of aliphatic hydroxyl groups is 2. The molecule has 0 heterocycles. The van der Waals surface area contributed by atoms with Crippen molar-refractivity contribution in [3.8, 4) is 0 Å². The summed E-state index contributed by atoms with van der Waals surface area (Å²) < 4.78 is 10.2. The van der Waals surface area contributed by atoms with Gasteiger partial charge in [0.1, 0.15) is 0 Å². The summed E-state index contributed by atoms with van der Waals surface area (Å²) in [5, 5.41) is 20.6. The lowest BCUT2D eigenvalue weighted by Crippen LogP contribution is -2.21. The van der Waals surface area contributed by atoms with Crippen molar-refractivity contribution in [2.24, 2.45) is 11.8 Å². The van der Waals surface area contributed by atoms with Gasteiger partial charge < -0.3 is 19.7 Å². The summed E-state index contributed by atoms with van der Waals surface area (Å²) >= 11 is 0. The van der Waals surface area contributed by atoms with Crippen molar-refractivity contribution in [3.05, 3.63) is 24.3 Å². The van der Waals surface area contributed by atoms with Gasteiger partial charge in [0.25, 0.3) is 0 Å². The standard InChI is InChI=1S/C22H38O5/c1-4-5-8-11-17(23)14-15-19-18(20(24)16-21(19)26-2)12-9-6-7-10-13-22(25)27-3/h6,9,14-15,17-21,23-24H,4-5,7-8,10-13,16H2,1-3H3. The van der Waals surface area contributed by atoms with E-state index in [1.807, 2.05) is 12.2 Å². The second-order valence-electron chi connectivity index (χ2n) is 7.44. The number of carbonyl (C=O) groups excluding carboxylic acids is 1. The van der Waals surface area contributed by atoms with Crippen molar-refractivity contribution in [2.45, 2.75) is 83.0 Å². The average Bonchev–Trinajstić information content (AvgIpc) is 2.97. The minimum Gasteiger partial charge on any atom is -0.469 e. The predicted octanol–water partition coefficient (Wildman–Crippen LogP) is 3.79. The number of unbranched alkanes of at least 4 members (excludes halogenated alkanes) is 3. The molecule has 1 aliphatic rings. The van der Waals surface area contributed by atoms with Crippen molar-refractivity contribution < 1.29 is 24.5 Å². The van der Waals surface area contributed by atoms with Crippen LogP contribution in [-0.4, -0.2) is 48.7 Å². The molecule has 1 rings (SSSR count). The van der Waals surface area contributed by atoms with Crippen LogP contribution in [0.2, 0.25) is 0 Å². The van der Waals surface area contributed by atoms with Crippen LogP contribution < -0.4 is 0 Å². The summed E-state index contributed by atoms with van der Waals surface area (Å²) in [6.07, 6.45) is 14.7. The summed E-state index contributed by atoms with van der Waals surface area (Å²) in [4.78, 5) is 11.1. The van der Waals surface area contributed by atoms with E-state index in [9.17, 15) is 15.0 Å². The maximum atomic E-state index is 11.1. The van der Waals surface area contributed by atoms with E-state index in [0.29, 0.717) is 12.8 Å². The molecule has 0 radical (unpaired) electrons. The quantitative estimate of drug-likeness (QED) is 0.288. The van der Waals surface area contributed by atoms with Gasteiger partial charge in [-0.2, -0.15) is 0 Å². The summed E-state index contributed by atoms with van der Waals surface area (Å²) in [5.41, 5.74) is 0. The number of rotatable bonds is 13. The van der Waals surface area contributed by atoms with Crippen molar-refractivity contribution in [1.82, 2.24) is 0 Å². The summed E-state index contributed by atoms with van der Waals surface area (Å²) in [5.74, 6) is 0.0108. The Morgan fingerprint density at radius 2 is 2.00 bits per heavy atom. The monoisotopic (exact) mass is 382 g/mol. The van der Waals surface area contributed by atoms with Crippen molar-refractivity contribution in [3.63, 3.8) is 0 Å². The third-order valence-electron chi connectivity index (χ3n) is 5.41. The SMILES string of the molecule is CCCCCC(O)C=CC1C(OC)CC(O)C1CC=CCCCC(=O)OC. The molecule has 0 amide bonds. The zero-order valence-corrected chi connectivity index (χ0v) is 17.2. The Bertz CT molecular complexity index is 460. The molecule has 1 saturated carbocycles. The Morgan fingerprint density at radius 3 is 2.67 bits per heavy atom. The summed E-state index contributed by atoms with van der Waals surface area (Å²) in [6, 6.07) is 0. The van der Waals surface area contributed by atoms with E-state index >= 15 is 0 Å². The molecule has 0 bridgehead atoms. The van der Waals surface area contributed by atoms with Crippen LogP contribution in [0.3, 0.4) is 0 Å². The minimum atomic E-state index is -0.429. The fourth-order valence-corrected chi connectivity index (χ4v) is 3.73. The number of esters is 1. The molecule has 156 valence electrons. The van der Waals surface area contributed by atoms with E-state index in [4.69, 9.17) is 4.74 Å². The maximum Gasteiger partial charge on any atom is 0.305 e. The van der Waals surface area contributed by atoms with Crippen LogP contribution in [0.25, 0.3) is 0 Å². The largest absolute Gasteiger partial charge is 0.469 e. The molecule has 27 heavy (non-hydrogen) atoms. The number of hydrogen-bond acceptors (Lipinski definition) is 5. The van der Waals surface area contributed by atoms with Crippen molar-refractivity contribution >= 4 is 5.97 Å². The first-order valence-electron chi connectivity index (χ1n) is 10.3. The zero-order valence-electron chi connectivity index (χ0n) is 17.2. The molecule has 2 N–H and O–H groups in total. The third-order valence-corrected chi connectivity index (χ3v) is 5.41. The molecule has 5 heteroatoms. The Kier molecular flexibility index (Phi) is 12.3. The smallest absolute Gasteiger partial charge is 0.305 e. The molecule has 5 atom stereocenters. The molecule has 0 aromatic rings. The van der Waals surface area contributed by atoms with E-state index in [0.717, 1.165) is 44.9 Å². The van der Waals surface area contributed by atoms with Crippen LogP contribution in [0.4, 0.5) is 0 Å². The maximum absolute atomic E-state index is 11.1. The molecule has 0 spiro atoms. The summed E-state index contributed by atoms with van der Waals surface area (Å²) in [7, 11) is 3.08. The highest BCUT2D eigenvalue weighted by Crippen LogP contribution is 2.38. The highest BCUT2D eigenvalue weighted by molar-refractivity contribution is 5.69. The highest BCUT2D eigenvalue weighted by Gasteiger charge is 2.40. The van der Waals surface area contributed by atoms with Gasteiger partial charge in [0.15, 0.2) is 0 Å². The van der Waals surface area contributed by atoms with Gasteiger partial charge in [-0.3, -0.25) is 4.79 Å². The van der Waals surface area contributed by atoms with Gasteiger partial charge in [-0.05, 0) is 31.6 Å². The van der Waals surface area contributed by atoms with E-state index in [-0.39, 0.29) is 23.9 Å². The zero-order chi connectivity index (χ0) is 20.1. The van der Waals surface area contributed by atoms with Crippen molar-refractivity contribution in [2.75, 3.05) is 14.2 Å². The van der Waals surface area contributed by atoms with Gasteiger partial charge in [-0.25, -0.2) is 0 Å². The molecule has 5 nitrogen and oxygen atoms in total. The third kappa shape index (κ3) is 9.04. The first-order valence-corrected chi connectivity index (χ1v) is 10.3. The average molecular weight is 383 g/mol. The van der Waals surface area contributed by atoms with Crippen LogP contribution in [0, 0.1) is 11.8 Å². The van der Waals surface area contributed by atoms with E-state index < -0.39 is 12.2 Å². The fourth-order valence-electron chi connectivity index (χ4n) is 3.73. The van der Waals surface area contributed by atoms with Gasteiger partial charge in [0, 0.05) is 25.9 Å². The summed E-state index contributed by atoms with van der Waals surface area (Å²) in [6.45, 7) is 2.15. The minimum absolute atomic E-state index is 0.0168. The topological polar surface area (TPSA) is 76.0 Å². The van der Waals surface area contributed by atoms with Crippen LogP contribution in [0.15, 0.2) is 24.3 Å². The Hall–Kier alpha value is -1.17. The van der Waals surface area contributed by atoms with Crippen LogP contribution in [0.1, 0.15) is 64.7 Å². The van der Waals surface area contributed by atoms with Gasteiger partial charge in [-0.15, -0.1) is 0 Å². The van der Waals surface area contributed by atoms with Gasteiger partial charge in [-0.1, -0.05) is 50.5 Å². The fraction of sp³-hybridized carbons (Fsp3) is 0.773. The van der Waals surface area contributed by atoms with E-state index in [1.54, 1.807) is 7.11 Å². The second-order valence-corrected chi connectivity index (χ2v) is 7.44. The van der Waals surface area contributed by atoms with Gasteiger partial charge >= 0.3 is 5.97 Å². The van der Waals surface area contributed by atoms with Crippen LogP contribution in [0.5, 0.6) is 0 Å². The van der Waals surface area contributed by atoms with E-state index in [2.05, 4.69) is 23.8 Å². The normalized spacial score (nSPS) is 26.9. The number of allylic oxidation sites excluding steroid dienone is 2. The Morgan fingerprint density at radius 1 is 1.22 bits per heavy atom. The lowest BCUT2D eigenvalue weighted by molar-refractivity contribution is -0.140. The molecule has 0 aliphatic heterocycles. The number of ether oxygens (including phenoxy) is 2.